The van der Waals surface area contributed by atoms with Crippen LogP contribution in [0, 0.1) is 5.92 Å². The van der Waals surface area contributed by atoms with Gasteiger partial charge in [-0.2, -0.15) is 0 Å². The van der Waals surface area contributed by atoms with Crippen molar-refractivity contribution in [3.05, 3.63) is 12.2 Å². The van der Waals surface area contributed by atoms with Gasteiger partial charge in [-0.25, -0.2) is 0 Å². The van der Waals surface area contributed by atoms with Crippen LogP contribution in [-0.4, -0.2) is 143 Å². The molecule has 2 rings (SSSR count). The predicted molar refractivity (Wildman–Crippen MR) is 162 cm³/mol. The van der Waals surface area contributed by atoms with E-state index in [-0.39, 0.29) is 61.5 Å². The number of likely N-dealkylation sites (tertiary alicyclic amines) is 1. The molecule has 14 nitrogen and oxygen atoms in total. The maximum Gasteiger partial charge on any atom is 0.253 e. The lowest BCUT2D eigenvalue weighted by molar-refractivity contribution is -0.146. The number of rotatable bonds is 25. The summed E-state index contributed by atoms with van der Waals surface area (Å²) < 4.78 is 32.7. The van der Waals surface area contributed by atoms with Gasteiger partial charge in [0.2, 0.25) is 11.8 Å². The van der Waals surface area contributed by atoms with Crippen molar-refractivity contribution in [1.82, 2.24) is 15.1 Å². The van der Waals surface area contributed by atoms with E-state index in [9.17, 15) is 24.0 Å². The average molecular weight is 642 g/mol. The summed E-state index contributed by atoms with van der Waals surface area (Å²) in [5.41, 5.74) is -0.974. The number of hydrogen-bond acceptors (Lipinski definition) is 11. The molecule has 0 unspecified atom stereocenters. The molecule has 2 atom stereocenters. The van der Waals surface area contributed by atoms with E-state index < -0.39 is 11.6 Å². The minimum absolute atomic E-state index is 0.0348. The Labute approximate surface area is 266 Å². The molecule has 0 bridgehead atoms. The van der Waals surface area contributed by atoms with Crippen molar-refractivity contribution in [1.29, 1.82) is 0 Å². The summed E-state index contributed by atoms with van der Waals surface area (Å²) in [5, 5.41) is 2.85. The summed E-state index contributed by atoms with van der Waals surface area (Å²) in [6.07, 6.45) is 3.93. The molecule has 2 aliphatic rings. The van der Waals surface area contributed by atoms with Gasteiger partial charge in [-0.05, 0) is 32.6 Å². The molecule has 14 heteroatoms. The minimum Gasteiger partial charge on any atom is -0.379 e. The first-order valence-corrected chi connectivity index (χ1v) is 15.7. The fourth-order valence-corrected chi connectivity index (χ4v) is 4.94. The van der Waals surface area contributed by atoms with Gasteiger partial charge in [-0.3, -0.25) is 28.9 Å². The van der Waals surface area contributed by atoms with E-state index in [2.05, 4.69) is 5.32 Å². The molecule has 0 aromatic rings. The molecule has 0 aromatic heterocycles. The van der Waals surface area contributed by atoms with E-state index in [1.807, 2.05) is 13.8 Å². The summed E-state index contributed by atoms with van der Waals surface area (Å²) in [6, 6.07) is -0.571. The third kappa shape index (κ3) is 13.6. The van der Waals surface area contributed by atoms with Gasteiger partial charge in [0.15, 0.2) is 5.78 Å². The topological polar surface area (TPSA) is 159 Å². The molecule has 2 heterocycles. The van der Waals surface area contributed by atoms with E-state index in [1.54, 1.807) is 11.8 Å². The van der Waals surface area contributed by atoms with Gasteiger partial charge in [0.05, 0.1) is 98.3 Å². The zero-order valence-electron chi connectivity index (χ0n) is 27.2. The van der Waals surface area contributed by atoms with Crippen molar-refractivity contribution in [2.45, 2.75) is 58.5 Å². The lowest BCUT2D eigenvalue weighted by Gasteiger charge is -2.35. The normalized spacial score (nSPS) is 18.8. The first-order valence-electron chi connectivity index (χ1n) is 15.7. The monoisotopic (exact) mass is 641 g/mol. The first kappa shape index (κ1) is 38.4. The maximum absolute atomic E-state index is 13.0. The van der Waals surface area contributed by atoms with E-state index in [4.69, 9.17) is 28.4 Å². The van der Waals surface area contributed by atoms with Crippen molar-refractivity contribution in [3.63, 3.8) is 0 Å². The van der Waals surface area contributed by atoms with Crippen molar-refractivity contribution in [2.75, 3.05) is 92.4 Å². The van der Waals surface area contributed by atoms with Crippen LogP contribution in [0.1, 0.15) is 47.0 Å². The number of Topliss-reactive ketones (excluding diaryl/α,β-unsaturated/α-hetero) is 1. The molecule has 0 aromatic carbocycles. The molecule has 256 valence electrons. The molecule has 2 aliphatic heterocycles. The molecule has 0 saturated carbocycles. The standard InChI is InChI=1S/C31H51N3O11/c1-24(2)29(25(3)35)32-30(39)31(4)9-5-10-34(31)28(38)8-12-40-14-16-42-18-20-44-22-23-45-21-19-43-17-15-41-13-11-33-26(36)6-7-27(33)37/h6-7,24,29H,5,8-23H2,1-4H3,(H,32,39)/t29-,31-/m0/s1. The third-order valence-electron chi connectivity index (χ3n) is 7.50. The van der Waals surface area contributed by atoms with Crippen LogP contribution in [0.15, 0.2) is 12.2 Å². The van der Waals surface area contributed by atoms with Crippen LogP contribution in [0.4, 0.5) is 0 Å². The molecule has 4 amide bonds. The average Bonchev–Trinajstić information content (AvgIpc) is 3.55. The highest BCUT2D eigenvalue weighted by molar-refractivity contribution is 6.12. The van der Waals surface area contributed by atoms with Gasteiger partial charge in [0.25, 0.3) is 11.8 Å². The molecule has 0 aliphatic carbocycles. The van der Waals surface area contributed by atoms with Crippen molar-refractivity contribution >= 4 is 29.4 Å². The number of imide groups is 1. The summed E-state index contributed by atoms with van der Waals surface area (Å²) in [6.45, 7) is 12.2. The van der Waals surface area contributed by atoms with E-state index in [0.29, 0.717) is 79.0 Å². The summed E-state index contributed by atoms with van der Waals surface area (Å²) in [4.78, 5) is 63.4. The van der Waals surface area contributed by atoms with E-state index in [1.165, 1.54) is 19.1 Å². The van der Waals surface area contributed by atoms with Crippen LogP contribution >= 0.6 is 0 Å². The zero-order valence-corrected chi connectivity index (χ0v) is 27.2. The van der Waals surface area contributed by atoms with Crippen molar-refractivity contribution < 1.29 is 52.4 Å². The molecule has 0 spiro atoms. The van der Waals surface area contributed by atoms with Crippen LogP contribution in [-0.2, 0) is 52.4 Å². The Morgan fingerprint density at radius 1 is 0.778 bits per heavy atom. The van der Waals surface area contributed by atoms with Gasteiger partial charge in [-0.15, -0.1) is 0 Å². The number of amides is 4. The first-order chi connectivity index (χ1) is 21.6. The Morgan fingerprint density at radius 3 is 1.67 bits per heavy atom. The highest BCUT2D eigenvalue weighted by Gasteiger charge is 2.46. The Bertz CT molecular complexity index is 972. The number of carbonyl (C=O) groups is 5. The lowest BCUT2D eigenvalue weighted by atomic mass is 9.94. The largest absolute Gasteiger partial charge is 0.379 e. The molecule has 1 fully saturated rings. The van der Waals surface area contributed by atoms with E-state index >= 15 is 0 Å². The predicted octanol–water partition coefficient (Wildman–Crippen LogP) is 0.512. The second kappa shape index (κ2) is 21.1. The molecule has 0 radical (unpaired) electrons. The Kier molecular flexibility index (Phi) is 18.0. The Hall–Kier alpha value is -2.75. The number of ketones is 1. The number of nitrogens with one attached hydrogen (secondary N) is 1. The smallest absolute Gasteiger partial charge is 0.253 e. The number of hydrogen-bond donors (Lipinski definition) is 1. The summed E-state index contributed by atoms with van der Waals surface area (Å²) >= 11 is 0. The van der Waals surface area contributed by atoms with Crippen LogP contribution < -0.4 is 5.32 Å². The van der Waals surface area contributed by atoms with Crippen LogP contribution in [0.2, 0.25) is 0 Å². The van der Waals surface area contributed by atoms with Gasteiger partial charge >= 0.3 is 0 Å². The van der Waals surface area contributed by atoms with Crippen molar-refractivity contribution in [3.8, 4) is 0 Å². The summed E-state index contributed by atoms with van der Waals surface area (Å²) in [7, 11) is 0. The molecule has 1 N–H and O–H groups in total. The summed E-state index contributed by atoms with van der Waals surface area (Å²) in [5.74, 6) is -1.21. The molecule has 45 heavy (non-hydrogen) atoms. The number of nitrogens with zero attached hydrogens (tertiary/aromatic N) is 2. The Balaban J connectivity index is 1.37. The fraction of sp³-hybridized carbons (Fsp3) is 0.774. The second-order valence-corrected chi connectivity index (χ2v) is 11.3. The quantitative estimate of drug-likeness (QED) is 0.109. The highest BCUT2D eigenvalue weighted by Crippen LogP contribution is 2.30. The van der Waals surface area contributed by atoms with Crippen molar-refractivity contribution in [2.24, 2.45) is 5.92 Å². The van der Waals surface area contributed by atoms with E-state index in [0.717, 1.165) is 11.3 Å². The van der Waals surface area contributed by atoms with Gasteiger partial charge in [0, 0.05) is 18.7 Å². The van der Waals surface area contributed by atoms with Crippen LogP contribution in [0.3, 0.4) is 0 Å². The SMILES string of the molecule is CC(=O)[C@@H](NC(=O)[C@]1(C)CCCN1C(=O)CCOCCOCCOCCOCCOCCOCCN1C(=O)C=CC1=O)C(C)C. The Morgan fingerprint density at radius 2 is 1.22 bits per heavy atom. The van der Waals surface area contributed by atoms with Gasteiger partial charge < -0.3 is 38.6 Å². The maximum atomic E-state index is 13.0. The van der Waals surface area contributed by atoms with Crippen LogP contribution in [0.25, 0.3) is 0 Å². The second-order valence-electron chi connectivity index (χ2n) is 11.3. The molecule has 1 saturated heterocycles. The lowest BCUT2D eigenvalue weighted by Crippen LogP contribution is -2.59. The third-order valence-corrected chi connectivity index (χ3v) is 7.50. The fourth-order valence-electron chi connectivity index (χ4n) is 4.94. The van der Waals surface area contributed by atoms with Crippen LogP contribution in [0.5, 0.6) is 0 Å². The molecular weight excluding hydrogens is 590 g/mol. The highest BCUT2D eigenvalue weighted by atomic mass is 16.6. The number of ether oxygens (including phenoxy) is 6. The van der Waals surface area contributed by atoms with Gasteiger partial charge in [0.1, 0.15) is 5.54 Å². The molecular formula is C31H51N3O11. The zero-order chi connectivity index (χ0) is 33.1. The minimum atomic E-state index is -0.974. The van der Waals surface area contributed by atoms with Gasteiger partial charge in [-0.1, -0.05) is 13.8 Å². The number of carbonyl (C=O) groups excluding carboxylic acids is 5.